The maximum absolute atomic E-state index is 13.3. The molecule has 2 aliphatic rings. The molecule has 158 valence electrons. The van der Waals surface area contributed by atoms with Gasteiger partial charge in [0.15, 0.2) is 0 Å². The summed E-state index contributed by atoms with van der Waals surface area (Å²) in [4.78, 5) is 34.3. The van der Waals surface area contributed by atoms with Gasteiger partial charge in [-0.05, 0) is 54.5 Å². The van der Waals surface area contributed by atoms with E-state index in [1.54, 1.807) is 12.4 Å². The van der Waals surface area contributed by atoms with Gasteiger partial charge in [0, 0.05) is 44.5 Å². The molecule has 1 aliphatic carbocycles. The molecule has 1 saturated carbocycles. The van der Waals surface area contributed by atoms with Crippen LogP contribution in [0.3, 0.4) is 0 Å². The fourth-order valence-electron chi connectivity index (χ4n) is 4.51. The maximum Gasteiger partial charge on any atom is 0.227 e. The van der Waals surface area contributed by atoms with Crippen molar-refractivity contribution >= 4 is 11.8 Å². The topological polar surface area (TPSA) is 53.5 Å². The second kappa shape index (κ2) is 9.41. The van der Waals surface area contributed by atoms with Crippen LogP contribution in [0.25, 0.3) is 11.1 Å². The number of nitrogens with zero attached hydrogens (tertiary/aromatic N) is 3. The van der Waals surface area contributed by atoms with E-state index in [0.29, 0.717) is 26.1 Å². The molecule has 1 aromatic carbocycles. The van der Waals surface area contributed by atoms with Crippen LogP contribution in [0.15, 0.2) is 48.8 Å². The number of hydrogen-bond donors (Lipinski definition) is 0. The molecule has 1 aromatic heterocycles. The molecule has 1 saturated heterocycles. The van der Waals surface area contributed by atoms with Gasteiger partial charge in [-0.15, -0.1) is 0 Å². The van der Waals surface area contributed by atoms with E-state index in [1.165, 1.54) is 0 Å². The maximum atomic E-state index is 13.3. The monoisotopic (exact) mass is 405 g/mol. The molecule has 0 N–H and O–H groups in total. The first-order chi connectivity index (χ1) is 14.7. The van der Waals surface area contributed by atoms with Gasteiger partial charge in [0.1, 0.15) is 0 Å². The number of carbonyl (C=O) groups excluding carboxylic acids is 2. The molecule has 1 aliphatic heterocycles. The van der Waals surface area contributed by atoms with Crippen LogP contribution in [0, 0.1) is 11.8 Å². The van der Waals surface area contributed by atoms with Gasteiger partial charge in [0.05, 0.1) is 5.92 Å². The summed E-state index contributed by atoms with van der Waals surface area (Å²) in [5, 5.41) is 0. The van der Waals surface area contributed by atoms with E-state index in [1.807, 2.05) is 28.0 Å². The van der Waals surface area contributed by atoms with Crippen molar-refractivity contribution < 1.29 is 9.59 Å². The van der Waals surface area contributed by atoms with Crippen molar-refractivity contribution in [3.8, 4) is 11.1 Å². The van der Waals surface area contributed by atoms with E-state index < -0.39 is 0 Å². The van der Waals surface area contributed by atoms with E-state index in [9.17, 15) is 9.59 Å². The van der Waals surface area contributed by atoms with Crippen molar-refractivity contribution in [3.63, 3.8) is 0 Å². The third-order valence-corrected chi connectivity index (χ3v) is 6.42. The second-order valence-corrected chi connectivity index (χ2v) is 8.57. The third kappa shape index (κ3) is 4.55. The zero-order valence-corrected chi connectivity index (χ0v) is 17.8. The Hall–Kier alpha value is -2.69. The van der Waals surface area contributed by atoms with Crippen LogP contribution in [-0.4, -0.2) is 52.8 Å². The second-order valence-electron chi connectivity index (χ2n) is 8.57. The molecule has 5 nitrogen and oxygen atoms in total. The van der Waals surface area contributed by atoms with Gasteiger partial charge in [-0.2, -0.15) is 0 Å². The minimum atomic E-state index is -0.184. The number of carbonyl (C=O) groups is 2. The summed E-state index contributed by atoms with van der Waals surface area (Å²) in [5.74, 6) is 0.433. The Morgan fingerprint density at radius 1 is 1.10 bits per heavy atom. The lowest BCUT2D eigenvalue weighted by molar-refractivity contribution is -0.138. The molecule has 2 aromatic rings. The molecule has 0 bridgehead atoms. The largest absolute Gasteiger partial charge is 0.341 e. The first-order valence-electron chi connectivity index (χ1n) is 11.2. The Bertz CT molecular complexity index is 879. The zero-order chi connectivity index (χ0) is 20.9. The molecule has 2 fully saturated rings. The fraction of sp³-hybridized carbons (Fsp3) is 0.480. The lowest BCUT2D eigenvalue weighted by atomic mass is 9.84. The van der Waals surface area contributed by atoms with Crippen molar-refractivity contribution in [3.05, 3.63) is 54.4 Å². The van der Waals surface area contributed by atoms with Crippen molar-refractivity contribution in [2.45, 2.75) is 39.0 Å². The molecule has 0 spiro atoms. The Balaban J connectivity index is 1.55. The summed E-state index contributed by atoms with van der Waals surface area (Å²) >= 11 is 0. The Kier molecular flexibility index (Phi) is 6.46. The van der Waals surface area contributed by atoms with Crippen molar-refractivity contribution in [1.82, 2.24) is 14.8 Å². The standard InChI is InChI=1S/C25H31N3O2/c1-2-13-27-14-15-28(24(29)21-6-4-7-21)18-23(25(27)30)17-19-5-3-8-22(16-19)20-9-11-26-12-10-20/h3,5,8-12,16,21,23H,2,4,6-7,13-15,17-18H2,1H3/t23-/m1/s1. The Labute approximate surface area is 179 Å². The quantitative estimate of drug-likeness (QED) is 0.735. The van der Waals surface area contributed by atoms with Crippen LogP contribution in [0.2, 0.25) is 0 Å². The highest BCUT2D eigenvalue weighted by Crippen LogP contribution is 2.30. The molecule has 1 atom stereocenters. The normalized spacial score (nSPS) is 20.0. The molecular weight excluding hydrogens is 374 g/mol. The fourth-order valence-corrected chi connectivity index (χ4v) is 4.51. The van der Waals surface area contributed by atoms with Gasteiger partial charge in [-0.25, -0.2) is 0 Å². The average Bonchev–Trinajstić information content (AvgIpc) is 2.88. The van der Waals surface area contributed by atoms with Crippen LogP contribution in [-0.2, 0) is 16.0 Å². The molecular formula is C25H31N3O2. The lowest BCUT2D eigenvalue weighted by Gasteiger charge is -2.31. The zero-order valence-electron chi connectivity index (χ0n) is 17.8. The third-order valence-electron chi connectivity index (χ3n) is 6.42. The summed E-state index contributed by atoms with van der Waals surface area (Å²) in [5.41, 5.74) is 3.38. The summed E-state index contributed by atoms with van der Waals surface area (Å²) < 4.78 is 0. The van der Waals surface area contributed by atoms with Crippen LogP contribution in [0.1, 0.15) is 38.2 Å². The highest BCUT2D eigenvalue weighted by Gasteiger charge is 2.35. The van der Waals surface area contributed by atoms with E-state index >= 15 is 0 Å². The first-order valence-corrected chi connectivity index (χ1v) is 11.2. The number of amides is 2. The van der Waals surface area contributed by atoms with Crippen LogP contribution in [0.4, 0.5) is 0 Å². The predicted octanol–water partition coefficient (Wildman–Crippen LogP) is 3.79. The summed E-state index contributed by atoms with van der Waals surface area (Å²) in [6, 6.07) is 12.4. The van der Waals surface area contributed by atoms with E-state index in [4.69, 9.17) is 0 Å². The highest BCUT2D eigenvalue weighted by molar-refractivity contribution is 5.83. The average molecular weight is 406 g/mol. The molecule has 2 amide bonds. The summed E-state index contributed by atoms with van der Waals surface area (Å²) in [6.45, 7) is 4.71. The number of hydrogen-bond acceptors (Lipinski definition) is 3. The Morgan fingerprint density at radius 3 is 2.60 bits per heavy atom. The number of pyridine rings is 1. The first kappa shape index (κ1) is 20.6. The van der Waals surface area contributed by atoms with E-state index in [2.05, 4.69) is 30.1 Å². The van der Waals surface area contributed by atoms with Crippen LogP contribution in [0.5, 0.6) is 0 Å². The predicted molar refractivity (Wildman–Crippen MR) is 118 cm³/mol. The molecule has 30 heavy (non-hydrogen) atoms. The number of aromatic nitrogens is 1. The highest BCUT2D eigenvalue weighted by atomic mass is 16.2. The van der Waals surface area contributed by atoms with E-state index in [-0.39, 0.29) is 23.7 Å². The number of benzene rings is 1. The minimum Gasteiger partial charge on any atom is -0.341 e. The van der Waals surface area contributed by atoms with Gasteiger partial charge in [-0.1, -0.05) is 37.6 Å². The van der Waals surface area contributed by atoms with E-state index in [0.717, 1.165) is 48.9 Å². The minimum absolute atomic E-state index is 0.175. The summed E-state index contributed by atoms with van der Waals surface area (Å²) in [6.07, 6.45) is 8.34. The molecule has 2 heterocycles. The van der Waals surface area contributed by atoms with Crippen molar-refractivity contribution in [1.29, 1.82) is 0 Å². The van der Waals surface area contributed by atoms with Gasteiger partial charge < -0.3 is 9.80 Å². The van der Waals surface area contributed by atoms with Crippen molar-refractivity contribution in [2.75, 3.05) is 26.2 Å². The van der Waals surface area contributed by atoms with Crippen molar-refractivity contribution in [2.24, 2.45) is 11.8 Å². The van der Waals surface area contributed by atoms with Gasteiger partial charge in [0.25, 0.3) is 0 Å². The summed E-state index contributed by atoms with van der Waals surface area (Å²) in [7, 11) is 0. The molecule has 5 heteroatoms. The molecule has 0 radical (unpaired) electrons. The van der Waals surface area contributed by atoms with Gasteiger partial charge in [0.2, 0.25) is 11.8 Å². The Morgan fingerprint density at radius 2 is 1.90 bits per heavy atom. The molecule has 0 unspecified atom stereocenters. The van der Waals surface area contributed by atoms with Gasteiger partial charge >= 0.3 is 0 Å². The van der Waals surface area contributed by atoms with Crippen LogP contribution >= 0.6 is 0 Å². The lowest BCUT2D eigenvalue weighted by Crippen LogP contribution is -2.42. The smallest absolute Gasteiger partial charge is 0.227 e. The van der Waals surface area contributed by atoms with Crippen LogP contribution < -0.4 is 0 Å². The number of rotatable bonds is 6. The van der Waals surface area contributed by atoms with Gasteiger partial charge in [-0.3, -0.25) is 14.6 Å². The molecule has 4 rings (SSSR count). The SMILES string of the molecule is CCCN1CCN(C(=O)C2CCC2)C[C@@H](Cc2cccc(-c3ccncc3)c2)C1=O.